The maximum Gasteiger partial charge on any atom is 0.240 e. The van der Waals surface area contributed by atoms with Crippen LogP contribution >= 0.6 is 0 Å². The number of Topliss-reactive ketones (excluding diaryl/α,β-unsaturated/α-hetero) is 1. The Morgan fingerprint density at radius 3 is 2.47 bits per heavy atom. The number of amides is 1. The number of hydrogen-bond donors (Lipinski definition) is 2. The van der Waals surface area contributed by atoms with Gasteiger partial charge in [-0.25, -0.2) is 8.42 Å². The molecule has 8 heteroatoms. The van der Waals surface area contributed by atoms with E-state index in [4.69, 9.17) is 5.73 Å². The molecule has 0 saturated carbocycles. The van der Waals surface area contributed by atoms with Gasteiger partial charge in [0.05, 0.1) is 30.1 Å². The zero-order valence-corrected chi connectivity index (χ0v) is 19.0. The number of ketones is 1. The van der Waals surface area contributed by atoms with Crippen molar-refractivity contribution < 1.29 is 18.0 Å². The largest absolute Gasteiger partial charge is 0.337 e. The average molecular weight is 438 g/mol. The highest BCUT2D eigenvalue weighted by Crippen LogP contribution is 2.22. The molecule has 0 bridgehead atoms. The maximum atomic E-state index is 13.2. The average Bonchev–Trinajstić information content (AvgIpc) is 3.14. The lowest BCUT2D eigenvalue weighted by Crippen LogP contribution is -2.53. The number of carbonyl (C=O) groups excluding carboxylic acids is 2. The van der Waals surface area contributed by atoms with Crippen LogP contribution in [0.1, 0.15) is 39.2 Å². The maximum absolute atomic E-state index is 13.2. The number of nitrogens with zero attached hydrogens (tertiary/aromatic N) is 1. The minimum Gasteiger partial charge on any atom is -0.337 e. The van der Waals surface area contributed by atoms with Crippen molar-refractivity contribution in [3.05, 3.63) is 35.9 Å². The van der Waals surface area contributed by atoms with Gasteiger partial charge >= 0.3 is 0 Å². The molecule has 1 heterocycles. The zero-order valence-electron chi connectivity index (χ0n) is 18.2. The SMILES string of the molecule is CC(C)[C@H](NCC(=O)[C@H](C)N)C(=O)N1CCC[C@H]1CS(=O)(=O)CCc1ccccc1. The van der Waals surface area contributed by atoms with E-state index in [1.807, 2.05) is 44.2 Å². The second-order valence-corrected chi connectivity index (χ2v) is 10.8. The van der Waals surface area contributed by atoms with Crippen molar-refractivity contribution in [2.24, 2.45) is 11.7 Å². The molecule has 3 N–H and O–H groups in total. The van der Waals surface area contributed by atoms with Crippen molar-refractivity contribution in [3.63, 3.8) is 0 Å². The third-order valence-electron chi connectivity index (χ3n) is 5.59. The van der Waals surface area contributed by atoms with Crippen LogP contribution in [0.15, 0.2) is 30.3 Å². The van der Waals surface area contributed by atoms with Gasteiger partial charge in [0.25, 0.3) is 0 Å². The Morgan fingerprint density at radius 1 is 1.20 bits per heavy atom. The van der Waals surface area contributed by atoms with Crippen LogP contribution in [-0.2, 0) is 25.8 Å². The molecule has 168 valence electrons. The number of aryl methyl sites for hydroxylation is 1. The number of rotatable bonds is 11. The van der Waals surface area contributed by atoms with E-state index >= 15 is 0 Å². The number of hydrogen-bond acceptors (Lipinski definition) is 6. The highest BCUT2D eigenvalue weighted by atomic mass is 32.2. The second-order valence-electron chi connectivity index (χ2n) is 8.54. The molecule has 1 aliphatic rings. The van der Waals surface area contributed by atoms with E-state index < -0.39 is 21.9 Å². The van der Waals surface area contributed by atoms with E-state index in [1.54, 1.807) is 11.8 Å². The van der Waals surface area contributed by atoms with Crippen molar-refractivity contribution in [1.82, 2.24) is 10.2 Å². The van der Waals surface area contributed by atoms with Gasteiger partial charge in [0.15, 0.2) is 15.6 Å². The van der Waals surface area contributed by atoms with Crippen LogP contribution in [0.5, 0.6) is 0 Å². The first-order chi connectivity index (χ1) is 14.1. The quantitative estimate of drug-likeness (QED) is 0.538. The van der Waals surface area contributed by atoms with E-state index in [1.165, 1.54) is 0 Å². The number of sulfone groups is 1. The van der Waals surface area contributed by atoms with Gasteiger partial charge in [0.2, 0.25) is 5.91 Å². The molecule has 1 aromatic carbocycles. The molecule has 2 rings (SSSR count). The van der Waals surface area contributed by atoms with Crippen molar-refractivity contribution in [1.29, 1.82) is 0 Å². The summed E-state index contributed by atoms with van der Waals surface area (Å²) in [6.45, 7) is 6.01. The molecule has 1 aromatic rings. The molecule has 1 fully saturated rings. The topological polar surface area (TPSA) is 110 Å². The van der Waals surface area contributed by atoms with E-state index in [-0.39, 0.29) is 41.7 Å². The molecule has 0 aliphatic carbocycles. The number of carbonyl (C=O) groups is 2. The zero-order chi connectivity index (χ0) is 22.3. The summed E-state index contributed by atoms with van der Waals surface area (Å²) in [5, 5.41) is 3.04. The van der Waals surface area contributed by atoms with Gasteiger partial charge in [0.1, 0.15) is 0 Å². The minimum absolute atomic E-state index is 0.0187. The van der Waals surface area contributed by atoms with E-state index in [0.717, 1.165) is 12.0 Å². The summed E-state index contributed by atoms with van der Waals surface area (Å²) in [5.41, 5.74) is 6.60. The van der Waals surface area contributed by atoms with Gasteiger partial charge < -0.3 is 10.6 Å². The van der Waals surface area contributed by atoms with Crippen LogP contribution in [0.2, 0.25) is 0 Å². The molecular formula is C22H35N3O4S. The Morgan fingerprint density at radius 2 is 1.87 bits per heavy atom. The number of likely N-dealkylation sites (tertiary alicyclic amines) is 1. The first-order valence-corrected chi connectivity index (χ1v) is 12.5. The Kier molecular flexibility index (Phi) is 9.00. The molecule has 0 spiro atoms. The van der Waals surface area contributed by atoms with Crippen molar-refractivity contribution in [3.8, 4) is 0 Å². The lowest BCUT2D eigenvalue weighted by atomic mass is 10.0. The van der Waals surface area contributed by atoms with Crippen LogP contribution in [0.3, 0.4) is 0 Å². The molecule has 0 unspecified atom stereocenters. The predicted octanol–water partition coefficient (Wildman–Crippen LogP) is 1.17. The van der Waals surface area contributed by atoms with Crippen LogP contribution in [-0.4, -0.2) is 67.7 Å². The van der Waals surface area contributed by atoms with E-state index in [0.29, 0.717) is 19.4 Å². The summed E-state index contributed by atoms with van der Waals surface area (Å²) in [7, 11) is -3.30. The Balaban J connectivity index is 1.99. The molecule has 1 amide bonds. The predicted molar refractivity (Wildman–Crippen MR) is 119 cm³/mol. The van der Waals surface area contributed by atoms with Crippen LogP contribution in [0.25, 0.3) is 0 Å². The summed E-state index contributed by atoms with van der Waals surface area (Å²) in [5.74, 6) is -0.271. The van der Waals surface area contributed by atoms with Crippen molar-refractivity contribution in [2.45, 2.75) is 58.2 Å². The monoisotopic (exact) mass is 437 g/mol. The first-order valence-electron chi connectivity index (χ1n) is 10.7. The fourth-order valence-corrected chi connectivity index (χ4v) is 5.40. The van der Waals surface area contributed by atoms with E-state index in [2.05, 4.69) is 5.32 Å². The Bertz CT molecular complexity index is 809. The van der Waals surface area contributed by atoms with Crippen LogP contribution in [0.4, 0.5) is 0 Å². The number of nitrogens with one attached hydrogen (secondary N) is 1. The fraction of sp³-hybridized carbons (Fsp3) is 0.636. The summed E-state index contributed by atoms with van der Waals surface area (Å²) in [6, 6.07) is 8.09. The molecular weight excluding hydrogens is 402 g/mol. The van der Waals surface area contributed by atoms with Gasteiger partial charge in [-0.15, -0.1) is 0 Å². The van der Waals surface area contributed by atoms with Gasteiger partial charge in [-0.2, -0.15) is 0 Å². The number of benzene rings is 1. The molecule has 0 aromatic heterocycles. The summed E-state index contributed by atoms with van der Waals surface area (Å²) in [6.07, 6.45) is 1.94. The lowest BCUT2D eigenvalue weighted by molar-refractivity contribution is -0.135. The van der Waals surface area contributed by atoms with Crippen LogP contribution < -0.4 is 11.1 Å². The molecule has 1 aliphatic heterocycles. The summed E-state index contributed by atoms with van der Waals surface area (Å²) >= 11 is 0. The van der Waals surface area contributed by atoms with E-state index in [9.17, 15) is 18.0 Å². The Labute approximate surface area is 180 Å². The van der Waals surface area contributed by atoms with Crippen molar-refractivity contribution >= 4 is 21.5 Å². The van der Waals surface area contributed by atoms with Gasteiger partial charge in [-0.05, 0) is 37.7 Å². The summed E-state index contributed by atoms with van der Waals surface area (Å²) in [4.78, 5) is 26.7. The third kappa shape index (κ3) is 7.18. The Hall–Kier alpha value is -1.77. The summed E-state index contributed by atoms with van der Waals surface area (Å²) < 4.78 is 25.4. The minimum atomic E-state index is -3.30. The molecule has 1 saturated heterocycles. The lowest BCUT2D eigenvalue weighted by Gasteiger charge is -2.31. The fourth-order valence-electron chi connectivity index (χ4n) is 3.75. The highest BCUT2D eigenvalue weighted by Gasteiger charge is 2.36. The molecule has 0 radical (unpaired) electrons. The van der Waals surface area contributed by atoms with Gasteiger partial charge in [0, 0.05) is 12.6 Å². The standard InChI is InChI=1S/C22H35N3O4S/c1-16(2)21(24-14-20(26)17(3)23)22(27)25-12-7-10-19(25)15-30(28,29)13-11-18-8-5-4-6-9-18/h4-6,8-9,16-17,19,21,24H,7,10-15,23H2,1-3H3/t17-,19-,21-/m0/s1. The first kappa shape index (κ1) is 24.5. The second kappa shape index (κ2) is 11.0. The normalized spacial score (nSPS) is 19.1. The van der Waals surface area contributed by atoms with Crippen LogP contribution in [0, 0.1) is 5.92 Å². The third-order valence-corrected chi connectivity index (χ3v) is 7.31. The highest BCUT2D eigenvalue weighted by molar-refractivity contribution is 7.91. The van der Waals surface area contributed by atoms with Gasteiger partial charge in [-0.3, -0.25) is 14.9 Å². The van der Waals surface area contributed by atoms with Crippen molar-refractivity contribution in [2.75, 3.05) is 24.6 Å². The number of nitrogens with two attached hydrogens (primary N) is 1. The molecule has 3 atom stereocenters. The van der Waals surface area contributed by atoms with Gasteiger partial charge in [-0.1, -0.05) is 44.2 Å². The smallest absolute Gasteiger partial charge is 0.240 e. The molecule has 7 nitrogen and oxygen atoms in total. The molecule has 30 heavy (non-hydrogen) atoms.